The Balaban J connectivity index is 1.60. The Morgan fingerprint density at radius 3 is 3.00 bits per heavy atom. The zero-order valence-electron chi connectivity index (χ0n) is 17.2. The molecule has 1 fully saturated rings. The third kappa shape index (κ3) is 4.60. The van der Waals surface area contributed by atoms with Gasteiger partial charge in [-0.05, 0) is 43.7 Å². The number of hydrogen-bond acceptors (Lipinski definition) is 6. The maximum absolute atomic E-state index is 12.3. The summed E-state index contributed by atoms with van der Waals surface area (Å²) in [6, 6.07) is 13.3. The van der Waals surface area contributed by atoms with Crippen LogP contribution in [0.3, 0.4) is 0 Å². The minimum Gasteiger partial charge on any atom is -0.463 e. The van der Waals surface area contributed by atoms with E-state index in [-0.39, 0.29) is 18.1 Å². The van der Waals surface area contributed by atoms with Gasteiger partial charge in [0.15, 0.2) is 5.75 Å². The number of nitrogens with zero attached hydrogens (tertiary/aromatic N) is 2. The molecule has 0 aliphatic carbocycles. The van der Waals surface area contributed by atoms with Crippen LogP contribution in [-0.4, -0.2) is 48.5 Å². The lowest BCUT2D eigenvalue weighted by Gasteiger charge is -2.35. The van der Waals surface area contributed by atoms with E-state index in [2.05, 4.69) is 10.2 Å². The molecule has 7 heteroatoms. The lowest BCUT2D eigenvalue weighted by Crippen LogP contribution is -2.53. The first-order valence-electron chi connectivity index (χ1n) is 10.4. The summed E-state index contributed by atoms with van der Waals surface area (Å²) >= 11 is 6.21. The number of piperazine rings is 1. The fourth-order valence-corrected chi connectivity index (χ4v) is 3.82. The first-order valence-corrected chi connectivity index (χ1v) is 10.7. The highest BCUT2D eigenvalue weighted by Crippen LogP contribution is 2.39. The van der Waals surface area contributed by atoms with Gasteiger partial charge in [0.25, 0.3) is 0 Å². The van der Waals surface area contributed by atoms with Crippen LogP contribution in [0.5, 0.6) is 11.5 Å². The average molecular weight is 428 g/mol. The standard InChI is InChI=1S/C23H26ClN3O3/c1-3-15(2)29-22(28)13-17-14-27(11-10-25-17)23-18-6-4-5-7-20(18)30-21-9-8-16(24)12-19(21)26-23/h4-9,12,15,17,25H,3,10-11,13-14H2,1-2H3/t15-,17?/m0/s1. The molecule has 158 valence electrons. The molecule has 2 atom stereocenters. The Hall–Kier alpha value is -2.57. The molecule has 2 aromatic carbocycles. The molecule has 0 bridgehead atoms. The number of fused-ring (bicyclic) bond motifs is 2. The van der Waals surface area contributed by atoms with Crippen molar-refractivity contribution in [2.75, 3.05) is 19.6 Å². The number of hydrogen-bond donors (Lipinski definition) is 1. The number of halogens is 1. The topological polar surface area (TPSA) is 63.2 Å². The first kappa shape index (κ1) is 20.7. The van der Waals surface area contributed by atoms with Crippen molar-refractivity contribution >= 4 is 29.1 Å². The van der Waals surface area contributed by atoms with E-state index in [1.807, 2.05) is 50.2 Å². The number of aliphatic imine (C=N–C) groups is 1. The molecular formula is C23H26ClN3O3. The quantitative estimate of drug-likeness (QED) is 0.726. The van der Waals surface area contributed by atoms with Crippen molar-refractivity contribution in [2.24, 2.45) is 4.99 Å². The summed E-state index contributed by atoms with van der Waals surface area (Å²) in [7, 11) is 0. The first-order chi connectivity index (χ1) is 14.5. The molecule has 0 amide bonds. The molecule has 6 nitrogen and oxygen atoms in total. The van der Waals surface area contributed by atoms with Gasteiger partial charge in [0.2, 0.25) is 0 Å². The van der Waals surface area contributed by atoms with Crippen LogP contribution in [0, 0.1) is 0 Å². The number of nitrogens with one attached hydrogen (secondary N) is 1. The van der Waals surface area contributed by atoms with E-state index in [0.29, 0.717) is 29.4 Å². The Kier molecular flexibility index (Phi) is 6.25. The minimum absolute atomic E-state index is 0.00632. The number of para-hydroxylation sites is 1. The smallest absolute Gasteiger partial charge is 0.307 e. The van der Waals surface area contributed by atoms with Gasteiger partial charge < -0.3 is 19.7 Å². The molecular weight excluding hydrogens is 402 g/mol. The van der Waals surface area contributed by atoms with Crippen LogP contribution in [-0.2, 0) is 9.53 Å². The highest BCUT2D eigenvalue weighted by molar-refractivity contribution is 6.31. The van der Waals surface area contributed by atoms with Crippen molar-refractivity contribution in [2.45, 2.75) is 38.8 Å². The Morgan fingerprint density at radius 2 is 2.17 bits per heavy atom. The second-order valence-corrected chi connectivity index (χ2v) is 8.09. The molecule has 1 saturated heterocycles. The van der Waals surface area contributed by atoms with Crippen LogP contribution in [0.2, 0.25) is 5.02 Å². The minimum atomic E-state index is -0.174. The third-order valence-electron chi connectivity index (χ3n) is 5.37. The Labute approximate surface area is 181 Å². The van der Waals surface area contributed by atoms with E-state index < -0.39 is 0 Å². The van der Waals surface area contributed by atoms with Gasteiger partial charge in [-0.15, -0.1) is 0 Å². The van der Waals surface area contributed by atoms with Crippen molar-refractivity contribution in [1.82, 2.24) is 10.2 Å². The number of ether oxygens (including phenoxy) is 2. The lowest BCUT2D eigenvalue weighted by molar-refractivity contribution is -0.149. The third-order valence-corrected chi connectivity index (χ3v) is 5.61. The number of amidine groups is 1. The van der Waals surface area contributed by atoms with E-state index in [9.17, 15) is 4.79 Å². The number of esters is 1. The van der Waals surface area contributed by atoms with E-state index in [0.717, 1.165) is 36.7 Å². The van der Waals surface area contributed by atoms with Gasteiger partial charge in [0.05, 0.1) is 18.1 Å². The summed E-state index contributed by atoms with van der Waals surface area (Å²) in [5, 5.41) is 4.04. The molecule has 0 radical (unpaired) electrons. The van der Waals surface area contributed by atoms with Crippen LogP contribution in [0.1, 0.15) is 32.3 Å². The lowest BCUT2D eigenvalue weighted by atomic mass is 10.1. The number of rotatable bonds is 4. The van der Waals surface area contributed by atoms with Crippen LogP contribution in [0.25, 0.3) is 0 Å². The van der Waals surface area contributed by atoms with Crippen molar-refractivity contribution in [3.05, 3.63) is 53.1 Å². The second kappa shape index (κ2) is 9.06. The normalized spacial score (nSPS) is 19.0. The largest absolute Gasteiger partial charge is 0.463 e. The monoisotopic (exact) mass is 427 g/mol. The van der Waals surface area contributed by atoms with E-state index >= 15 is 0 Å². The van der Waals surface area contributed by atoms with Crippen molar-refractivity contribution < 1.29 is 14.3 Å². The molecule has 30 heavy (non-hydrogen) atoms. The molecule has 2 aliphatic rings. The van der Waals surface area contributed by atoms with Gasteiger partial charge in [-0.2, -0.15) is 0 Å². The zero-order valence-corrected chi connectivity index (χ0v) is 18.0. The van der Waals surface area contributed by atoms with E-state index in [1.165, 1.54) is 0 Å². The van der Waals surface area contributed by atoms with Crippen LogP contribution in [0.15, 0.2) is 47.5 Å². The summed E-state index contributed by atoms with van der Waals surface area (Å²) < 4.78 is 11.6. The molecule has 2 aromatic rings. The van der Waals surface area contributed by atoms with Crippen molar-refractivity contribution in [1.29, 1.82) is 0 Å². The molecule has 1 unspecified atom stereocenters. The second-order valence-electron chi connectivity index (χ2n) is 7.66. The van der Waals surface area contributed by atoms with Crippen molar-refractivity contribution in [3.8, 4) is 11.5 Å². The number of carbonyl (C=O) groups excluding carboxylic acids is 1. The summed E-state index contributed by atoms with van der Waals surface area (Å²) in [5.41, 5.74) is 1.62. The van der Waals surface area contributed by atoms with Crippen molar-refractivity contribution in [3.63, 3.8) is 0 Å². The molecule has 2 aliphatic heterocycles. The predicted octanol–water partition coefficient (Wildman–Crippen LogP) is 4.53. The molecule has 0 saturated carbocycles. The maximum atomic E-state index is 12.3. The molecule has 0 aromatic heterocycles. The highest BCUT2D eigenvalue weighted by atomic mass is 35.5. The number of benzene rings is 2. The SMILES string of the molecule is CC[C@H](C)OC(=O)CC1CN(C2=Nc3cc(Cl)ccc3Oc3ccccc32)CCN1. The highest BCUT2D eigenvalue weighted by Gasteiger charge is 2.28. The molecule has 1 N–H and O–H groups in total. The summed E-state index contributed by atoms with van der Waals surface area (Å²) in [6.45, 7) is 6.11. The fraction of sp³-hybridized carbons (Fsp3) is 0.391. The van der Waals surface area contributed by atoms with Gasteiger partial charge in [-0.3, -0.25) is 4.79 Å². The van der Waals surface area contributed by atoms with Gasteiger partial charge >= 0.3 is 5.97 Å². The summed E-state index contributed by atoms with van der Waals surface area (Å²) in [4.78, 5) is 19.4. The van der Waals surface area contributed by atoms with Gasteiger partial charge in [0.1, 0.15) is 17.3 Å². The number of carbonyl (C=O) groups is 1. The van der Waals surface area contributed by atoms with E-state index in [1.54, 1.807) is 6.07 Å². The van der Waals surface area contributed by atoms with Gasteiger partial charge in [0, 0.05) is 30.7 Å². The molecule has 0 spiro atoms. The Morgan fingerprint density at radius 1 is 1.33 bits per heavy atom. The molecule has 4 rings (SSSR count). The average Bonchev–Trinajstić information content (AvgIpc) is 2.90. The van der Waals surface area contributed by atoms with Gasteiger partial charge in [-0.1, -0.05) is 30.7 Å². The predicted molar refractivity (Wildman–Crippen MR) is 118 cm³/mol. The van der Waals surface area contributed by atoms with Gasteiger partial charge in [-0.25, -0.2) is 4.99 Å². The Bertz CT molecular complexity index is 962. The van der Waals surface area contributed by atoms with E-state index in [4.69, 9.17) is 26.1 Å². The van der Waals surface area contributed by atoms with Crippen LogP contribution in [0.4, 0.5) is 5.69 Å². The fourth-order valence-electron chi connectivity index (χ4n) is 3.65. The van der Waals surface area contributed by atoms with Crippen LogP contribution < -0.4 is 10.1 Å². The zero-order chi connectivity index (χ0) is 21.1. The maximum Gasteiger partial charge on any atom is 0.307 e. The molecule has 2 heterocycles. The summed E-state index contributed by atoms with van der Waals surface area (Å²) in [6.07, 6.45) is 1.08. The summed E-state index contributed by atoms with van der Waals surface area (Å²) in [5.74, 6) is 2.08. The van der Waals surface area contributed by atoms with Crippen LogP contribution >= 0.6 is 11.6 Å².